The lowest BCUT2D eigenvalue weighted by atomic mass is 10.1. The summed E-state index contributed by atoms with van der Waals surface area (Å²) in [5, 5.41) is 3.91. The number of aromatic nitrogens is 2. The molecule has 3 N–H and O–H groups in total. The van der Waals surface area contributed by atoms with Gasteiger partial charge in [0.25, 0.3) is 0 Å². The van der Waals surface area contributed by atoms with Gasteiger partial charge < -0.3 is 15.8 Å². The number of benzene rings is 2. The van der Waals surface area contributed by atoms with Gasteiger partial charge in [-0.2, -0.15) is 0 Å². The Hall–Kier alpha value is -3.43. The summed E-state index contributed by atoms with van der Waals surface area (Å²) in [5.74, 6) is 0.634. The molecule has 0 bridgehead atoms. The van der Waals surface area contributed by atoms with Crippen LogP contribution >= 0.6 is 23.1 Å². The third kappa shape index (κ3) is 5.21. The Kier molecular flexibility index (Phi) is 7.44. The molecule has 4 aromatic rings. The Bertz CT molecular complexity index is 1310. The van der Waals surface area contributed by atoms with Crippen molar-refractivity contribution in [2.45, 2.75) is 30.5 Å². The molecule has 0 aliphatic carbocycles. The molecule has 0 aliphatic heterocycles. The van der Waals surface area contributed by atoms with E-state index in [1.807, 2.05) is 67.6 Å². The van der Waals surface area contributed by atoms with E-state index in [-0.39, 0.29) is 6.61 Å². The van der Waals surface area contributed by atoms with Gasteiger partial charge in [0.1, 0.15) is 27.4 Å². The number of fused-ring (bicyclic) bond motifs is 1. The fraction of sp³-hybridized carbons (Fsp3) is 0.200. The number of amides is 1. The second-order valence-electron chi connectivity index (χ2n) is 7.44. The molecule has 7 nitrogen and oxygen atoms in total. The van der Waals surface area contributed by atoms with E-state index in [0.717, 1.165) is 10.5 Å². The van der Waals surface area contributed by atoms with Gasteiger partial charge in [0.15, 0.2) is 0 Å². The molecular weight excluding hydrogens is 468 g/mol. The topological polar surface area (TPSA) is 107 Å². The molecule has 2 aromatic heterocycles. The fourth-order valence-corrected chi connectivity index (χ4v) is 5.38. The molecule has 0 spiro atoms. The number of primary amides is 1. The van der Waals surface area contributed by atoms with E-state index in [9.17, 15) is 9.59 Å². The van der Waals surface area contributed by atoms with Gasteiger partial charge in [0, 0.05) is 4.90 Å². The summed E-state index contributed by atoms with van der Waals surface area (Å²) in [6.07, 6.45) is 0. The molecule has 0 radical (unpaired) electrons. The molecular formula is C25H24N4O3S2. The molecule has 1 unspecified atom stereocenters. The normalized spacial score (nSPS) is 11.8. The minimum absolute atomic E-state index is 0.278. The first-order valence-electron chi connectivity index (χ1n) is 10.7. The molecule has 0 aliphatic rings. The second-order valence-corrected chi connectivity index (χ2v) is 9.49. The highest BCUT2D eigenvalue weighted by atomic mass is 32.2. The predicted octanol–water partition coefficient (Wildman–Crippen LogP) is 5.11. The Balaban J connectivity index is 1.77. The average Bonchev–Trinajstić information content (AvgIpc) is 3.19. The molecule has 2 aromatic carbocycles. The van der Waals surface area contributed by atoms with Crippen LogP contribution in [0, 0.1) is 6.92 Å². The van der Waals surface area contributed by atoms with Crippen LogP contribution in [-0.4, -0.2) is 28.5 Å². The van der Waals surface area contributed by atoms with Crippen molar-refractivity contribution in [2.24, 2.45) is 5.73 Å². The minimum atomic E-state index is -0.792. The Morgan fingerprint density at radius 1 is 1.09 bits per heavy atom. The largest absolute Gasteiger partial charge is 0.462 e. The van der Waals surface area contributed by atoms with Crippen molar-refractivity contribution in [3.05, 3.63) is 82.5 Å². The van der Waals surface area contributed by atoms with Crippen LogP contribution in [-0.2, 0) is 15.3 Å². The van der Waals surface area contributed by atoms with Gasteiger partial charge in [0.2, 0.25) is 5.91 Å². The molecule has 9 heteroatoms. The third-order valence-electron chi connectivity index (χ3n) is 5.11. The maximum Gasteiger partial charge on any atom is 0.348 e. The quantitative estimate of drug-likeness (QED) is 0.247. The summed E-state index contributed by atoms with van der Waals surface area (Å²) in [6.45, 7) is 3.88. The fourth-order valence-electron chi connectivity index (χ4n) is 3.51. The summed E-state index contributed by atoms with van der Waals surface area (Å²) < 4.78 is 5.23. The van der Waals surface area contributed by atoms with E-state index in [2.05, 4.69) is 5.32 Å². The van der Waals surface area contributed by atoms with E-state index in [1.54, 1.807) is 18.7 Å². The van der Waals surface area contributed by atoms with E-state index in [0.29, 0.717) is 38.1 Å². The van der Waals surface area contributed by atoms with Gasteiger partial charge >= 0.3 is 5.97 Å². The molecule has 1 atom stereocenters. The number of thiophene rings is 1. The lowest BCUT2D eigenvalue weighted by molar-refractivity contribution is -0.118. The van der Waals surface area contributed by atoms with E-state index in [4.69, 9.17) is 20.4 Å². The van der Waals surface area contributed by atoms with Crippen molar-refractivity contribution in [1.82, 2.24) is 9.97 Å². The number of hydrogen-bond donors (Lipinski definition) is 2. The SMILES string of the molecule is CCOC(=O)c1sc2nc(CSc3ccccc3)nc(NC(C(N)=O)c3ccccc3)c2c1C. The first-order valence-corrected chi connectivity index (χ1v) is 12.5. The first-order chi connectivity index (χ1) is 16.5. The number of carbonyl (C=O) groups excluding carboxylic acids is 2. The van der Waals surface area contributed by atoms with E-state index in [1.165, 1.54) is 11.3 Å². The van der Waals surface area contributed by atoms with Gasteiger partial charge in [-0.3, -0.25) is 4.79 Å². The number of aryl methyl sites for hydroxylation is 1. The maximum atomic E-state index is 12.5. The summed E-state index contributed by atoms with van der Waals surface area (Å²) >= 11 is 2.87. The lowest BCUT2D eigenvalue weighted by Crippen LogP contribution is -2.28. The van der Waals surface area contributed by atoms with Crippen molar-refractivity contribution in [2.75, 3.05) is 11.9 Å². The number of esters is 1. The van der Waals surface area contributed by atoms with Crippen LogP contribution in [0.4, 0.5) is 5.82 Å². The van der Waals surface area contributed by atoms with Gasteiger partial charge in [-0.05, 0) is 37.1 Å². The van der Waals surface area contributed by atoms with Crippen molar-refractivity contribution in [3.63, 3.8) is 0 Å². The number of nitrogens with two attached hydrogens (primary N) is 1. The molecule has 174 valence electrons. The molecule has 0 fully saturated rings. The molecule has 0 saturated carbocycles. The second kappa shape index (κ2) is 10.7. The summed E-state index contributed by atoms with van der Waals surface area (Å²) in [5.41, 5.74) is 7.17. The molecule has 2 heterocycles. The van der Waals surface area contributed by atoms with Crippen molar-refractivity contribution < 1.29 is 14.3 Å². The lowest BCUT2D eigenvalue weighted by Gasteiger charge is -2.18. The van der Waals surface area contributed by atoms with Gasteiger partial charge in [-0.1, -0.05) is 48.5 Å². The number of hydrogen-bond acceptors (Lipinski definition) is 8. The molecule has 0 saturated heterocycles. The summed E-state index contributed by atoms with van der Waals surface area (Å²) in [4.78, 5) is 36.6. The van der Waals surface area contributed by atoms with Crippen LogP contribution in [0.1, 0.15) is 39.6 Å². The van der Waals surface area contributed by atoms with E-state index >= 15 is 0 Å². The Morgan fingerprint density at radius 3 is 2.41 bits per heavy atom. The number of anilines is 1. The van der Waals surface area contributed by atoms with Crippen LogP contribution < -0.4 is 11.1 Å². The van der Waals surface area contributed by atoms with Gasteiger partial charge in [-0.15, -0.1) is 23.1 Å². The number of rotatable bonds is 9. The molecule has 1 amide bonds. The Labute approximate surface area is 205 Å². The summed E-state index contributed by atoms with van der Waals surface area (Å²) in [7, 11) is 0. The number of thioether (sulfide) groups is 1. The highest BCUT2D eigenvalue weighted by molar-refractivity contribution is 7.98. The number of nitrogens with one attached hydrogen (secondary N) is 1. The smallest absolute Gasteiger partial charge is 0.348 e. The predicted molar refractivity (Wildman–Crippen MR) is 136 cm³/mol. The van der Waals surface area contributed by atoms with Crippen molar-refractivity contribution >= 4 is 51.0 Å². The zero-order chi connectivity index (χ0) is 24.1. The third-order valence-corrected chi connectivity index (χ3v) is 7.28. The standard InChI is InChI=1S/C25H24N4O3S2/c1-3-32-25(31)21-15(2)19-23(29-20(22(26)30)16-10-6-4-7-11-16)27-18(28-24(19)34-21)14-33-17-12-8-5-9-13-17/h4-13,20H,3,14H2,1-2H3,(H2,26,30)(H,27,28,29). The van der Waals surface area contributed by atoms with E-state index < -0.39 is 17.9 Å². The molecule has 34 heavy (non-hydrogen) atoms. The van der Waals surface area contributed by atoms with Gasteiger partial charge in [-0.25, -0.2) is 14.8 Å². The average molecular weight is 493 g/mol. The van der Waals surface area contributed by atoms with Crippen LogP contribution in [0.5, 0.6) is 0 Å². The van der Waals surface area contributed by atoms with Crippen LogP contribution in [0.3, 0.4) is 0 Å². The van der Waals surface area contributed by atoms with Crippen LogP contribution in [0.25, 0.3) is 10.2 Å². The highest BCUT2D eigenvalue weighted by Gasteiger charge is 2.25. The summed E-state index contributed by atoms with van der Waals surface area (Å²) in [6, 6.07) is 18.4. The van der Waals surface area contributed by atoms with Gasteiger partial charge in [0.05, 0.1) is 17.7 Å². The van der Waals surface area contributed by atoms with Crippen molar-refractivity contribution in [3.8, 4) is 0 Å². The number of ether oxygens (including phenoxy) is 1. The van der Waals surface area contributed by atoms with Crippen LogP contribution in [0.2, 0.25) is 0 Å². The monoisotopic (exact) mass is 492 g/mol. The Morgan fingerprint density at radius 2 is 1.76 bits per heavy atom. The molecule has 4 rings (SSSR count). The maximum absolute atomic E-state index is 12.5. The minimum Gasteiger partial charge on any atom is -0.462 e. The number of carbonyl (C=O) groups is 2. The zero-order valence-corrected chi connectivity index (χ0v) is 20.4. The van der Waals surface area contributed by atoms with Crippen molar-refractivity contribution in [1.29, 1.82) is 0 Å². The first kappa shape index (κ1) is 23.7. The highest BCUT2D eigenvalue weighted by Crippen LogP contribution is 2.36. The number of nitrogens with zero attached hydrogens (tertiary/aromatic N) is 2. The van der Waals surface area contributed by atoms with Crippen LogP contribution in [0.15, 0.2) is 65.6 Å². The zero-order valence-electron chi connectivity index (χ0n) is 18.8.